The van der Waals surface area contributed by atoms with Gasteiger partial charge in [0, 0.05) is 26.7 Å². The van der Waals surface area contributed by atoms with Gasteiger partial charge in [-0.25, -0.2) is 0 Å². The molecule has 5 heteroatoms. The molecule has 0 aromatic heterocycles. The van der Waals surface area contributed by atoms with E-state index in [0.29, 0.717) is 19.4 Å². The quantitative estimate of drug-likeness (QED) is 0.702. The molecule has 1 saturated heterocycles. The SMILES string of the molecule is CCC(C)(OC)C(=O)NCC1(O)CCOC1. The van der Waals surface area contributed by atoms with Crippen molar-refractivity contribution in [3.8, 4) is 0 Å². The van der Waals surface area contributed by atoms with E-state index >= 15 is 0 Å². The molecule has 0 spiro atoms. The largest absolute Gasteiger partial charge is 0.386 e. The van der Waals surface area contributed by atoms with Gasteiger partial charge in [0.25, 0.3) is 5.91 Å². The Morgan fingerprint density at radius 3 is 2.81 bits per heavy atom. The normalized spacial score (nSPS) is 28.8. The minimum atomic E-state index is -0.919. The number of carbonyl (C=O) groups excluding carboxylic acids is 1. The second kappa shape index (κ2) is 5.12. The maximum Gasteiger partial charge on any atom is 0.252 e. The number of nitrogens with one attached hydrogen (secondary N) is 1. The van der Waals surface area contributed by atoms with Crippen LogP contribution in [-0.4, -0.2) is 49.1 Å². The Balaban J connectivity index is 2.45. The van der Waals surface area contributed by atoms with Crippen LogP contribution in [0, 0.1) is 0 Å². The highest BCUT2D eigenvalue weighted by Gasteiger charge is 2.36. The number of rotatable bonds is 5. The molecule has 0 aliphatic carbocycles. The molecular weight excluding hydrogens is 210 g/mol. The van der Waals surface area contributed by atoms with Gasteiger partial charge >= 0.3 is 0 Å². The minimum absolute atomic E-state index is 0.196. The van der Waals surface area contributed by atoms with Gasteiger partial charge in [-0.15, -0.1) is 0 Å². The maximum absolute atomic E-state index is 11.8. The van der Waals surface area contributed by atoms with Gasteiger partial charge in [0.1, 0.15) is 11.2 Å². The van der Waals surface area contributed by atoms with Gasteiger partial charge in [-0.05, 0) is 13.3 Å². The van der Waals surface area contributed by atoms with Crippen molar-refractivity contribution in [3.05, 3.63) is 0 Å². The van der Waals surface area contributed by atoms with Crippen LogP contribution < -0.4 is 5.32 Å². The third-order valence-corrected chi connectivity index (χ3v) is 3.27. The monoisotopic (exact) mass is 231 g/mol. The van der Waals surface area contributed by atoms with E-state index in [1.54, 1.807) is 6.92 Å². The van der Waals surface area contributed by atoms with Crippen molar-refractivity contribution in [1.82, 2.24) is 5.32 Å². The molecule has 2 unspecified atom stereocenters. The van der Waals surface area contributed by atoms with E-state index in [1.165, 1.54) is 7.11 Å². The molecule has 1 rings (SSSR count). The Morgan fingerprint density at radius 2 is 2.38 bits per heavy atom. The maximum atomic E-state index is 11.8. The van der Waals surface area contributed by atoms with Crippen LogP contribution in [0.15, 0.2) is 0 Å². The van der Waals surface area contributed by atoms with Gasteiger partial charge in [0.15, 0.2) is 0 Å². The first-order chi connectivity index (χ1) is 7.46. The Bertz CT molecular complexity index is 244. The zero-order valence-electron chi connectivity index (χ0n) is 10.2. The summed E-state index contributed by atoms with van der Waals surface area (Å²) in [5, 5.41) is 12.7. The lowest BCUT2D eigenvalue weighted by molar-refractivity contribution is -0.143. The Labute approximate surface area is 96.1 Å². The first kappa shape index (κ1) is 13.4. The summed E-state index contributed by atoms with van der Waals surface area (Å²) in [6, 6.07) is 0. The summed E-state index contributed by atoms with van der Waals surface area (Å²) >= 11 is 0. The lowest BCUT2D eigenvalue weighted by Crippen LogP contribution is -2.51. The smallest absolute Gasteiger partial charge is 0.252 e. The predicted octanol–water partition coefficient (Wildman–Crippen LogP) is 0.0691. The molecule has 1 aliphatic rings. The van der Waals surface area contributed by atoms with Crippen molar-refractivity contribution in [2.75, 3.05) is 26.9 Å². The van der Waals surface area contributed by atoms with Gasteiger partial charge in [0.05, 0.1) is 6.61 Å². The average molecular weight is 231 g/mol. The van der Waals surface area contributed by atoms with Gasteiger partial charge in [0.2, 0.25) is 0 Å². The first-order valence-corrected chi connectivity index (χ1v) is 5.59. The fourth-order valence-electron chi connectivity index (χ4n) is 1.57. The van der Waals surface area contributed by atoms with Crippen LogP contribution in [-0.2, 0) is 14.3 Å². The molecule has 2 atom stereocenters. The van der Waals surface area contributed by atoms with Crippen molar-refractivity contribution in [2.45, 2.75) is 37.9 Å². The number of methoxy groups -OCH3 is 1. The van der Waals surface area contributed by atoms with Crippen molar-refractivity contribution in [1.29, 1.82) is 0 Å². The van der Waals surface area contributed by atoms with E-state index in [4.69, 9.17) is 9.47 Å². The summed E-state index contributed by atoms with van der Waals surface area (Å²) in [6.07, 6.45) is 1.15. The summed E-state index contributed by atoms with van der Waals surface area (Å²) < 4.78 is 10.3. The topological polar surface area (TPSA) is 67.8 Å². The minimum Gasteiger partial charge on any atom is -0.386 e. The molecular formula is C11H21NO4. The van der Waals surface area contributed by atoms with Gasteiger partial charge in [-0.1, -0.05) is 6.92 Å². The van der Waals surface area contributed by atoms with Gasteiger partial charge in [-0.2, -0.15) is 0 Å². The highest BCUT2D eigenvalue weighted by atomic mass is 16.5. The number of aliphatic hydroxyl groups is 1. The summed E-state index contributed by atoms with van der Waals surface area (Å²) in [5.41, 5.74) is -1.74. The fraction of sp³-hybridized carbons (Fsp3) is 0.909. The number of ether oxygens (including phenoxy) is 2. The predicted molar refractivity (Wildman–Crippen MR) is 59.1 cm³/mol. The lowest BCUT2D eigenvalue weighted by Gasteiger charge is -2.28. The van der Waals surface area contributed by atoms with E-state index < -0.39 is 11.2 Å². The standard InChI is InChI=1S/C11H21NO4/c1-4-10(2,15-3)9(13)12-7-11(14)5-6-16-8-11/h14H,4-8H2,1-3H3,(H,12,13). The van der Waals surface area contributed by atoms with Gasteiger partial charge in [-0.3, -0.25) is 4.79 Å². The molecule has 0 bridgehead atoms. The van der Waals surface area contributed by atoms with Crippen molar-refractivity contribution in [3.63, 3.8) is 0 Å². The number of hydrogen-bond donors (Lipinski definition) is 2. The molecule has 1 fully saturated rings. The third-order valence-electron chi connectivity index (χ3n) is 3.27. The summed E-state index contributed by atoms with van der Waals surface area (Å²) in [4.78, 5) is 11.8. The van der Waals surface area contributed by atoms with Gasteiger partial charge < -0.3 is 19.9 Å². The molecule has 2 N–H and O–H groups in total. The van der Waals surface area contributed by atoms with E-state index in [2.05, 4.69) is 5.32 Å². The molecule has 0 saturated carbocycles. The van der Waals surface area contributed by atoms with Crippen molar-refractivity contribution < 1.29 is 19.4 Å². The molecule has 5 nitrogen and oxygen atoms in total. The summed E-state index contributed by atoms with van der Waals surface area (Å²) in [5.74, 6) is -0.196. The molecule has 0 aromatic carbocycles. The van der Waals surface area contributed by atoms with Crippen LogP contribution in [0.4, 0.5) is 0 Å². The van der Waals surface area contributed by atoms with E-state index in [9.17, 15) is 9.90 Å². The van der Waals surface area contributed by atoms with Crippen LogP contribution in [0.25, 0.3) is 0 Å². The first-order valence-electron chi connectivity index (χ1n) is 5.59. The van der Waals surface area contributed by atoms with Crippen LogP contribution in [0.2, 0.25) is 0 Å². The average Bonchev–Trinajstić information content (AvgIpc) is 2.72. The highest BCUT2D eigenvalue weighted by molar-refractivity contribution is 5.84. The summed E-state index contributed by atoms with van der Waals surface area (Å²) in [6.45, 7) is 4.66. The zero-order valence-corrected chi connectivity index (χ0v) is 10.2. The van der Waals surface area contributed by atoms with E-state index in [0.717, 1.165) is 0 Å². The molecule has 1 amide bonds. The second-order valence-electron chi connectivity index (χ2n) is 4.50. The number of amides is 1. The van der Waals surface area contributed by atoms with Crippen LogP contribution in [0.3, 0.4) is 0 Å². The molecule has 0 aromatic rings. The molecule has 0 radical (unpaired) electrons. The molecule has 94 valence electrons. The Hall–Kier alpha value is -0.650. The van der Waals surface area contributed by atoms with Crippen LogP contribution in [0.1, 0.15) is 26.7 Å². The number of carbonyl (C=O) groups is 1. The van der Waals surface area contributed by atoms with Crippen molar-refractivity contribution >= 4 is 5.91 Å². The fourth-order valence-corrected chi connectivity index (χ4v) is 1.57. The number of hydrogen-bond acceptors (Lipinski definition) is 4. The molecule has 16 heavy (non-hydrogen) atoms. The lowest BCUT2D eigenvalue weighted by atomic mass is 10.00. The third kappa shape index (κ3) is 2.93. The Morgan fingerprint density at radius 1 is 1.69 bits per heavy atom. The summed E-state index contributed by atoms with van der Waals surface area (Å²) in [7, 11) is 1.51. The Kier molecular flexibility index (Phi) is 4.29. The van der Waals surface area contributed by atoms with Crippen LogP contribution in [0.5, 0.6) is 0 Å². The van der Waals surface area contributed by atoms with Crippen molar-refractivity contribution in [2.24, 2.45) is 0 Å². The van der Waals surface area contributed by atoms with E-state index in [1.807, 2.05) is 6.92 Å². The van der Waals surface area contributed by atoms with Crippen LogP contribution >= 0.6 is 0 Å². The highest BCUT2D eigenvalue weighted by Crippen LogP contribution is 2.18. The zero-order chi connectivity index (χ0) is 12.2. The van der Waals surface area contributed by atoms with E-state index in [-0.39, 0.29) is 19.1 Å². The molecule has 1 aliphatic heterocycles. The molecule has 1 heterocycles. The second-order valence-corrected chi connectivity index (χ2v) is 4.50.